The van der Waals surface area contributed by atoms with Crippen LogP contribution in [0.25, 0.3) is 32.8 Å². The third-order valence-electron chi connectivity index (χ3n) is 4.94. The molecule has 0 unspecified atom stereocenters. The van der Waals surface area contributed by atoms with Crippen molar-refractivity contribution in [3.05, 3.63) is 103 Å². The average Bonchev–Trinajstić information content (AvgIpc) is 3.30. The van der Waals surface area contributed by atoms with Crippen LogP contribution in [0.1, 0.15) is 10.4 Å². The van der Waals surface area contributed by atoms with E-state index in [-0.39, 0.29) is 5.56 Å². The monoisotopic (exact) mass is 580 g/mol. The lowest BCUT2D eigenvalue weighted by atomic mass is 10.1. The van der Waals surface area contributed by atoms with Gasteiger partial charge in [-0.1, -0.05) is 58.4 Å². The summed E-state index contributed by atoms with van der Waals surface area (Å²) >= 11 is 8.34. The molecule has 0 aliphatic carbocycles. The highest BCUT2D eigenvalue weighted by molar-refractivity contribution is 9.11. The van der Waals surface area contributed by atoms with Gasteiger partial charge in [0.25, 0.3) is 5.91 Å². The van der Waals surface area contributed by atoms with Crippen molar-refractivity contribution in [3.63, 3.8) is 0 Å². The van der Waals surface area contributed by atoms with Crippen LogP contribution in [0.3, 0.4) is 0 Å². The largest absolute Gasteiger partial charge is 0.421 e. The summed E-state index contributed by atoms with van der Waals surface area (Å²) in [4.78, 5) is 30.1. The number of nitrogens with one attached hydrogen (secondary N) is 1. The predicted octanol–water partition coefficient (Wildman–Crippen LogP) is 7.36. The van der Waals surface area contributed by atoms with Crippen molar-refractivity contribution in [1.82, 2.24) is 4.98 Å². The van der Waals surface area contributed by atoms with Crippen LogP contribution in [0.4, 0.5) is 5.69 Å². The minimum Gasteiger partial charge on any atom is -0.421 e. The molecule has 2 aromatic heterocycles. The summed E-state index contributed by atoms with van der Waals surface area (Å²) in [5.74, 6) is -0.540. The smallest absolute Gasteiger partial charge is 0.349 e. The highest BCUT2D eigenvalue weighted by Gasteiger charge is 2.16. The van der Waals surface area contributed by atoms with E-state index in [2.05, 4.69) is 37.2 Å². The number of thiazole rings is 1. The van der Waals surface area contributed by atoms with Crippen molar-refractivity contribution in [1.29, 1.82) is 0 Å². The standard InChI is InChI=1S/C25H14Br2N2O3S/c26-17-9-16-11-19(25(31)32-22(16)20(27)12-17)23(30)28-18-8-4-7-15(10-18)21-13-33-24(29-21)14-5-2-1-3-6-14/h1-13H,(H,28,30). The molecule has 5 rings (SSSR count). The highest BCUT2D eigenvalue weighted by Crippen LogP contribution is 2.30. The quantitative estimate of drug-likeness (QED) is 0.225. The molecular weight excluding hydrogens is 568 g/mol. The van der Waals surface area contributed by atoms with Crippen molar-refractivity contribution in [2.24, 2.45) is 0 Å². The molecule has 0 atom stereocenters. The van der Waals surface area contributed by atoms with Gasteiger partial charge in [0.1, 0.15) is 10.6 Å². The SMILES string of the molecule is O=C(Nc1cccc(-c2csc(-c3ccccc3)n2)c1)c1cc2cc(Br)cc(Br)c2oc1=O. The van der Waals surface area contributed by atoms with Crippen LogP contribution in [0.2, 0.25) is 0 Å². The van der Waals surface area contributed by atoms with Gasteiger partial charge in [-0.2, -0.15) is 0 Å². The van der Waals surface area contributed by atoms with E-state index in [1.807, 2.05) is 53.9 Å². The van der Waals surface area contributed by atoms with Crippen LogP contribution in [-0.4, -0.2) is 10.9 Å². The molecule has 0 spiro atoms. The maximum Gasteiger partial charge on any atom is 0.349 e. The lowest BCUT2D eigenvalue weighted by Gasteiger charge is -2.07. The summed E-state index contributed by atoms with van der Waals surface area (Å²) in [6.45, 7) is 0. The van der Waals surface area contributed by atoms with Crippen molar-refractivity contribution in [2.45, 2.75) is 0 Å². The Balaban J connectivity index is 1.42. The minimum absolute atomic E-state index is 0.0714. The first-order valence-electron chi connectivity index (χ1n) is 9.83. The molecule has 0 aliphatic heterocycles. The fourth-order valence-electron chi connectivity index (χ4n) is 3.39. The number of anilines is 1. The summed E-state index contributed by atoms with van der Waals surface area (Å²) in [6.07, 6.45) is 0. The van der Waals surface area contributed by atoms with E-state index in [1.165, 1.54) is 6.07 Å². The molecule has 8 heteroatoms. The number of carbonyl (C=O) groups is 1. The van der Waals surface area contributed by atoms with E-state index in [9.17, 15) is 9.59 Å². The Kier molecular flexibility index (Phi) is 5.97. The maximum absolute atomic E-state index is 12.9. The summed E-state index contributed by atoms with van der Waals surface area (Å²) in [7, 11) is 0. The molecule has 0 bridgehead atoms. The lowest BCUT2D eigenvalue weighted by Crippen LogP contribution is -2.20. The molecule has 5 nitrogen and oxygen atoms in total. The summed E-state index contributed by atoms with van der Waals surface area (Å²) in [5, 5.41) is 6.33. The Hall–Kier alpha value is -3.07. The molecule has 0 fully saturated rings. The zero-order valence-corrected chi connectivity index (χ0v) is 20.8. The van der Waals surface area contributed by atoms with E-state index < -0.39 is 11.5 Å². The number of amides is 1. The first-order valence-corrected chi connectivity index (χ1v) is 12.3. The first-order chi connectivity index (χ1) is 16.0. The van der Waals surface area contributed by atoms with Crippen molar-refractivity contribution < 1.29 is 9.21 Å². The van der Waals surface area contributed by atoms with Gasteiger partial charge in [-0.3, -0.25) is 4.79 Å². The second-order valence-corrected chi connectivity index (χ2v) is 9.82. The fraction of sp³-hybridized carbons (Fsp3) is 0. The maximum atomic E-state index is 12.9. The number of carbonyl (C=O) groups excluding carboxylic acids is 1. The summed E-state index contributed by atoms with van der Waals surface area (Å²) in [5.41, 5.74) is 2.91. The Labute approximate surface area is 209 Å². The van der Waals surface area contributed by atoms with Gasteiger partial charge in [0.05, 0.1) is 10.2 Å². The number of hydrogen-bond acceptors (Lipinski definition) is 5. The molecule has 0 aliphatic rings. The summed E-state index contributed by atoms with van der Waals surface area (Å²) < 4.78 is 6.81. The Bertz CT molecular complexity index is 1560. The van der Waals surface area contributed by atoms with Crippen molar-refractivity contribution in [3.8, 4) is 21.8 Å². The molecule has 2 heterocycles. The Morgan fingerprint density at radius 1 is 0.939 bits per heavy atom. The van der Waals surface area contributed by atoms with Crippen LogP contribution in [0.5, 0.6) is 0 Å². The van der Waals surface area contributed by atoms with Crippen molar-refractivity contribution in [2.75, 3.05) is 5.32 Å². The van der Waals surface area contributed by atoms with Gasteiger partial charge >= 0.3 is 5.63 Å². The van der Waals surface area contributed by atoms with E-state index in [0.29, 0.717) is 21.1 Å². The van der Waals surface area contributed by atoms with E-state index in [4.69, 9.17) is 9.40 Å². The Morgan fingerprint density at radius 3 is 2.55 bits per heavy atom. The predicted molar refractivity (Wildman–Crippen MR) is 139 cm³/mol. The molecule has 162 valence electrons. The topological polar surface area (TPSA) is 72.2 Å². The number of halogens is 2. The Morgan fingerprint density at radius 2 is 1.73 bits per heavy atom. The molecule has 33 heavy (non-hydrogen) atoms. The normalized spacial score (nSPS) is 11.0. The molecule has 5 aromatic rings. The molecular formula is C25H14Br2N2O3S. The fourth-order valence-corrected chi connectivity index (χ4v) is 5.56. The number of rotatable bonds is 4. The van der Waals surface area contributed by atoms with Crippen LogP contribution < -0.4 is 10.9 Å². The number of aromatic nitrogens is 1. The molecule has 0 radical (unpaired) electrons. The first kappa shape index (κ1) is 21.8. The zero-order chi connectivity index (χ0) is 22.9. The molecule has 0 saturated carbocycles. The van der Waals surface area contributed by atoms with Gasteiger partial charge in [0.15, 0.2) is 5.58 Å². The average molecular weight is 582 g/mol. The molecule has 1 amide bonds. The minimum atomic E-state index is -0.703. The number of nitrogens with zero attached hydrogens (tertiary/aromatic N) is 1. The third kappa shape index (κ3) is 4.55. The number of fused-ring (bicyclic) bond motifs is 1. The van der Waals surface area contributed by atoms with E-state index in [1.54, 1.807) is 29.5 Å². The molecule has 1 N–H and O–H groups in total. The second-order valence-electron chi connectivity index (χ2n) is 7.19. The van der Waals surface area contributed by atoms with Crippen molar-refractivity contribution >= 4 is 65.8 Å². The van der Waals surface area contributed by atoms with Crippen LogP contribution in [0.15, 0.2) is 96.3 Å². The van der Waals surface area contributed by atoms with E-state index in [0.717, 1.165) is 26.3 Å². The van der Waals surface area contributed by atoms with Crippen LogP contribution in [0, 0.1) is 0 Å². The lowest BCUT2D eigenvalue weighted by molar-refractivity contribution is 0.102. The summed E-state index contributed by atoms with van der Waals surface area (Å²) in [6, 6.07) is 22.4. The highest BCUT2D eigenvalue weighted by atomic mass is 79.9. The molecule has 0 saturated heterocycles. The molecule has 3 aromatic carbocycles. The van der Waals surface area contributed by atoms with Gasteiger partial charge in [-0.25, -0.2) is 9.78 Å². The van der Waals surface area contributed by atoms with Crippen LogP contribution in [-0.2, 0) is 0 Å². The third-order valence-corrected chi connectivity index (χ3v) is 6.88. The zero-order valence-electron chi connectivity index (χ0n) is 16.8. The van der Waals surface area contributed by atoms with E-state index >= 15 is 0 Å². The van der Waals surface area contributed by atoms with Gasteiger partial charge < -0.3 is 9.73 Å². The van der Waals surface area contributed by atoms with Gasteiger partial charge in [-0.15, -0.1) is 11.3 Å². The van der Waals surface area contributed by atoms with Gasteiger partial charge in [-0.05, 0) is 46.3 Å². The number of benzene rings is 3. The van der Waals surface area contributed by atoms with Gasteiger partial charge in [0.2, 0.25) is 0 Å². The van der Waals surface area contributed by atoms with Gasteiger partial charge in [0, 0.05) is 32.1 Å². The van der Waals surface area contributed by atoms with Crippen LogP contribution >= 0.6 is 43.2 Å². The number of hydrogen-bond donors (Lipinski definition) is 1. The second kappa shape index (κ2) is 9.05.